The van der Waals surface area contributed by atoms with Crippen LogP contribution in [0.15, 0.2) is 10.9 Å². The molecule has 6 nitrogen and oxygen atoms in total. The summed E-state index contributed by atoms with van der Waals surface area (Å²) in [6.07, 6.45) is 1.15. The number of fused-ring (bicyclic) bond motifs is 1. The van der Waals surface area contributed by atoms with Gasteiger partial charge < -0.3 is 4.90 Å². The molecular formula is C15H20N4O2S. The number of H-pyrrole nitrogens is 1. The quantitative estimate of drug-likeness (QED) is 0.921. The molecule has 0 bridgehead atoms. The minimum Gasteiger partial charge on any atom is -0.341 e. The minimum atomic E-state index is -0.158. The zero-order valence-electron chi connectivity index (χ0n) is 12.9. The van der Waals surface area contributed by atoms with E-state index in [-0.39, 0.29) is 11.5 Å². The first-order chi connectivity index (χ1) is 10.6. The second-order valence-electron chi connectivity index (χ2n) is 5.57. The van der Waals surface area contributed by atoms with Gasteiger partial charge in [-0.05, 0) is 25.8 Å². The first-order valence-corrected chi connectivity index (χ1v) is 8.65. The van der Waals surface area contributed by atoms with E-state index in [4.69, 9.17) is 0 Å². The molecule has 118 valence electrons. The lowest BCUT2D eigenvalue weighted by Gasteiger charge is -2.26. The summed E-state index contributed by atoms with van der Waals surface area (Å²) >= 11 is 1.90. The molecular weight excluding hydrogens is 300 g/mol. The normalized spacial score (nSPS) is 15.5. The number of amides is 1. The molecule has 1 saturated heterocycles. The Bertz CT molecular complexity index is 759. The van der Waals surface area contributed by atoms with Gasteiger partial charge in [-0.3, -0.25) is 14.7 Å². The third kappa shape index (κ3) is 2.90. The average molecular weight is 320 g/mol. The van der Waals surface area contributed by atoms with Crippen LogP contribution in [-0.2, 0) is 11.2 Å². The molecule has 1 aliphatic heterocycles. The summed E-state index contributed by atoms with van der Waals surface area (Å²) in [5.74, 6) is 2.27. The molecule has 2 aromatic heterocycles. The highest BCUT2D eigenvalue weighted by Crippen LogP contribution is 2.17. The third-order valence-corrected chi connectivity index (χ3v) is 5.10. The Morgan fingerprint density at radius 1 is 1.36 bits per heavy atom. The predicted molar refractivity (Wildman–Crippen MR) is 87.5 cm³/mol. The highest BCUT2D eigenvalue weighted by Gasteiger charge is 2.18. The van der Waals surface area contributed by atoms with E-state index >= 15 is 0 Å². The number of hydrogen-bond donors (Lipinski definition) is 1. The van der Waals surface area contributed by atoms with E-state index in [1.807, 2.05) is 30.5 Å². The summed E-state index contributed by atoms with van der Waals surface area (Å²) in [6, 6.07) is 1.49. The van der Waals surface area contributed by atoms with Gasteiger partial charge in [0.2, 0.25) is 5.91 Å². The predicted octanol–water partition coefficient (Wildman–Crippen LogP) is 1.15. The summed E-state index contributed by atoms with van der Waals surface area (Å²) in [5.41, 5.74) is 3.35. The molecule has 1 aliphatic rings. The summed E-state index contributed by atoms with van der Waals surface area (Å²) in [5, 5.41) is 2.75. The van der Waals surface area contributed by atoms with Crippen molar-refractivity contribution in [3.8, 4) is 0 Å². The molecule has 3 rings (SSSR count). The number of nitrogens with zero attached hydrogens (tertiary/aromatic N) is 3. The van der Waals surface area contributed by atoms with Crippen LogP contribution in [-0.4, -0.2) is 50.0 Å². The van der Waals surface area contributed by atoms with Crippen LogP contribution >= 0.6 is 11.8 Å². The van der Waals surface area contributed by atoms with E-state index in [0.717, 1.165) is 41.5 Å². The number of hydrogen-bond acceptors (Lipinski definition) is 4. The van der Waals surface area contributed by atoms with E-state index in [0.29, 0.717) is 18.5 Å². The summed E-state index contributed by atoms with van der Waals surface area (Å²) in [6.45, 7) is 5.59. The van der Waals surface area contributed by atoms with Gasteiger partial charge in [-0.15, -0.1) is 0 Å². The first-order valence-electron chi connectivity index (χ1n) is 7.49. The largest absolute Gasteiger partial charge is 0.341 e. The maximum atomic E-state index is 12.3. The highest BCUT2D eigenvalue weighted by atomic mass is 32.2. The van der Waals surface area contributed by atoms with Crippen molar-refractivity contribution >= 4 is 23.3 Å². The smallest absolute Gasteiger partial charge is 0.266 e. The molecule has 0 unspecified atom stereocenters. The Hall–Kier alpha value is -1.76. The van der Waals surface area contributed by atoms with Gasteiger partial charge in [-0.2, -0.15) is 11.8 Å². The Labute approximate surface area is 132 Å². The van der Waals surface area contributed by atoms with Crippen molar-refractivity contribution in [1.82, 2.24) is 19.5 Å². The molecule has 2 aromatic rings. The lowest BCUT2D eigenvalue weighted by atomic mass is 10.1. The minimum absolute atomic E-state index is 0.158. The van der Waals surface area contributed by atoms with Crippen LogP contribution < -0.4 is 5.56 Å². The summed E-state index contributed by atoms with van der Waals surface area (Å²) in [7, 11) is 0. The number of aryl methyl sites for hydroxylation is 2. The van der Waals surface area contributed by atoms with Crippen molar-refractivity contribution in [3.05, 3.63) is 33.4 Å². The van der Waals surface area contributed by atoms with Gasteiger partial charge in [0.15, 0.2) is 5.65 Å². The van der Waals surface area contributed by atoms with Gasteiger partial charge in [-0.25, -0.2) is 9.50 Å². The van der Waals surface area contributed by atoms with Crippen molar-refractivity contribution in [3.63, 3.8) is 0 Å². The summed E-state index contributed by atoms with van der Waals surface area (Å²) < 4.78 is 1.70. The van der Waals surface area contributed by atoms with Gasteiger partial charge in [0.05, 0.1) is 0 Å². The molecule has 0 aromatic carbocycles. The van der Waals surface area contributed by atoms with Gasteiger partial charge in [0.25, 0.3) is 5.56 Å². The van der Waals surface area contributed by atoms with Crippen LogP contribution in [0.2, 0.25) is 0 Å². The molecule has 0 radical (unpaired) electrons. The fourth-order valence-corrected chi connectivity index (χ4v) is 3.82. The van der Waals surface area contributed by atoms with E-state index in [1.165, 1.54) is 6.07 Å². The van der Waals surface area contributed by atoms with Gasteiger partial charge in [0.1, 0.15) is 0 Å². The van der Waals surface area contributed by atoms with Gasteiger partial charge >= 0.3 is 0 Å². The number of thioether (sulfide) groups is 1. The van der Waals surface area contributed by atoms with Crippen molar-refractivity contribution in [2.24, 2.45) is 0 Å². The molecule has 1 fully saturated rings. The molecule has 1 N–H and O–H groups in total. The Kier molecular flexibility index (Phi) is 4.24. The molecule has 1 amide bonds. The van der Waals surface area contributed by atoms with Crippen molar-refractivity contribution < 1.29 is 4.79 Å². The lowest BCUT2D eigenvalue weighted by molar-refractivity contribution is -0.130. The zero-order valence-corrected chi connectivity index (χ0v) is 13.7. The molecule has 22 heavy (non-hydrogen) atoms. The van der Waals surface area contributed by atoms with E-state index in [1.54, 1.807) is 4.52 Å². The number of aromatic nitrogens is 3. The Morgan fingerprint density at radius 2 is 2.09 bits per heavy atom. The van der Waals surface area contributed by atoms with Crippen molar-refractivity contribution in [1.29, 1.82) is 0 Å². The monoisotopic (exact) mass is 320 g/mol. The maximum absolute atomic E-state index is 12.3. The van der Waals surface area contributed by atoms with Crippen molar-refractivity contribution in [2.75, 3.05) is 24.6 Å². The topological polar surface area (TPSA) is 70.5 Å². The molecule has 0 aliphatic carbocycles. The molecule has 0 saturated carbocycles. The zero-order chi connectivity index (χ0) is 15.7. The number of carbonyl (C=O) groups is 1. The Morgan fingerprint density at radius 3 is 2.82 bits per heavy atom. The van der Waals surface area contributed by atoms with Crippen LogP contribution in [0.1, 0.15) is 23.4 Å². The molecule has 0 spiro atoms. The highest BCUT2D eigenvalue weighted by molar-refractivity contribution is 7.99. The van der Waals surface area contributed by atoms with Crippen LogP contribution in [0.25, 0.3) is 5.65 Å². The van der Waals surface area contributed by atoms with Crippen LogP contribution in [0.3, 0.4) is 0 Å². The number of carbonyl (C=O) groups excluding carboxylic acids is 1. The number of rotatable bonds is 3. The standard InChI is InChI=1S/C15H20N4O2S/c1-10-12(3-4-15(21)18-5-7-22-8-6-18)11(2)19-13(16-10)9-14(20)17-19/h9H,3-8H2,1-2H3,(H,17,20). The molecule has 3 heterocycles. The Balaban J connectivity index is 1.78. The second-order valence-corrected chi connectivity index (χ2v) is 6.79. The second kappa shape index (κ2) is 6.16. The number of aromatic amines is 1. The molecule has 0 atom stereocenters. The number of nitrogens with one attached hydrogen (secondary N) is 1. The fraction of sp³-hybridized carbons (Fsp3) is 0.533. The SMILES string of the molecule is Cc1nc2cc(=O)[nH]n2c(C)c1CCC(=O)N1CCSCC1. The van der Waals surface area contributed by atoms with Crippen LogP contribution in [0, 0.1) is 13.8 Å². The van der Waals surface area contributed by atoms with Crippen molar-refractivity contribution in [2.45, 2.75) is 26.7 Å². The third-order valence-electron chi connectivity index (χ3n) is 4.16. The summed E-state index contributed by atoms with van der Waals surface area (Å²) in [4.78, 5) is 30.2. The van der Waals surface area contributed by atoms with Crippen LogP contribution in [0.4, 0.5) is 0 Å². The van der Waals surface area contributed by atoms with Crippen LogP contribution in [0.5, 0.6) is 0 Å². The maximum Gasteiger partial charge on any atom is 0.266 e. The van der Waals surface area contributed by atoms with E-state index < -0.39 is 0 Å². The fourth-order valence-electron chi connectivity index (χ4n) is 2.92. The van der Waals surface area contributed by atoms with Gasteiger partial charge in [0, 0.05) is 48.5 Å². The average Bonchev–Trinajstić information content (AvgIpc) is 2.88. The van der Waals surface area contributed by atoms with Gasteiger partial charge in [-0.1, -0.05) is 0 Å². The van der Waals surface area contributed by atoms with E-state index in [2.05, 4.69) is 10.1 Å². The lowest BCUT2D eigenvalue weighted by Crippen LogP contribution is -2.38. The first kappa shape index (κ1) is 15.1. The molecule has 7 heteroatoms. The van der Waals surface area contributed by atoms with E-state index in [9.17, 15) is 9.59 Å².